The zero-order valence-corrected chi connectivity index (χ0v) is 20.8. The molecule has 0 rings (SSSR count). The van der Waals surface area contributed by atoms with E-state index in [0.29, 0.717) is 12.8 Å². The van der Waals surface area contributed by atoms with E-state index in [1.165, 1.54) is 19.3 Å². The number of rotatable bonds is 17. The van der Waals surface area contributed by atoms with Crippen LogP contribution in [0.3, 0.4) is 0 Å². The minimum absolute atomic E-state index is 0. The van der Waals surface area contributed by atoms with Crippen LogP contribution >= 0.6 is 0 Å². The van der Waals surface area contributed by atoms with Crippen LogP contribution in [0.1, 0.15) is 110 Å². The van der Waals surface area contributed by atoms with Gasteiger partial charge in [0.15, 0.2) is 0 Å². The fraction of sp³-hybridized carbons (Fsp3) is 1.00. The Morgan fingerprint density at radius 2 is 1.12 bits per heavy atom. The van der Waals surface area contributed by atoms with Crippen molar-refractivity contribution >= 4 is 10.1 Å². The molecule has 0 aliphatic carbocycles. The summed E-state index contributed by atoms with van der Waals surface area (Å²) < 4.78 is 33.7. The van der Waals surface area contributed by atoms with Gasteiger partial charge in [0.05, 0.1) is 16.2 Å². The van der Waals surface area contributed by atoms with E-state index in [-0.39, 0.29) is 57.5 Å². The van der Waals surface area contributed by atoms with Crippen LogP contribution in [-0.4, -0.2) is 29.4 Å². The van der Waals surface area contributed by atoms with Crippen molar-refractivity contribution in [2.24, 2.45) is 0 Å². The summed E-state index contributed by atoms with van der Waals surface area (Å²) in [6.07, 6.45) is 14.2. The molecule has 0 spiro atoms. The number of hydrogen-bond donors (Lipinski definition) is 1. The molecule has 0 heterocycles. The van der Waals surface area contributed by atoms with Gasteiger partial charge >= 0.3 is 51.4 Å². The summed E-state index contributed by atoms with van der Waals surface area (Å²) >= 11 is 0. The molecule has 0 saturated carbocycles. The van der Waals surface area contributed by atoms with E-state index >= 15 is 0 Å². The third-order valence-corrected chi connectivity index (χ3v) is 6.03. The fourth-order valence-electron chi connectivity index (χ4n) is 3.10. The zero-order valence-electron chi connectivity index (χ0n) is 16.8. The smallest absolute Gasteiger partial charge is 0.748 e. The molecule has 0 aliphatic rings. The van der Waals surface area contributed by atoms with Crippen LogP contribution in [0.5, 0.6) is 0 Å². The molecule has 0 aromatic heterocycles. The second kappa shape index (κ2) is 18.9. The number of aliphatic hydroxyl groups excluding tert-OH is 1. The van der Waals surface area contributed by atoms with Crippen LogP contribution in [0.2, 0.25) is 0 Å². The Morgan fingerprint density at radius 1 is 0.720 bits per heavy atom. The first-order chi connectivity index (χ1) is 11.4. The van der Waals surface area contributed by atoms with E-state index in [4.69, 9.17) is 0 Å². The molecule has 146 valence electrons. The van der Waals surface area contributed by atoms with Gasteiger partial charge in [-0.25, -0.2) is 8.42 Å². The first-order valence-electron chi connectivity index (χ1n) is 10.0. The van der Waals surface area contributed by atoms with E-state index in [1.807, 2.05) is 6.92 Å². The third-order valence-electron chi connectivity index (χ3n) is 4.74. The molecular formula is C19H39KO4S. The normalized spacial score (nSPS) is 14.1. The summed E-state index contributed by atoms with van der Waals surface area (Å²) in [5, 5.41) is 9.20. The molecule has 0 radical (unpaired) electrons. The Morgan fingerprint density at radius 3 is 1.60 bits per heavy atom. The first-order valence-corrected chi connectivity index (χ1v) is 11.5. The Bertz CT molecular complexity index is 374. The molecule has 4 nitrogen and oxygen atoms in total. The topological polar surface area (TPSA) is 77.4 Å². The van der Waals surface area contributed by atoms with Crippen molar-refractivity contribution in [1.29, 1.82) is 0 Å². The van der Waals surface area contributed by atoms with Gasteiger partial charge in [-0.3, -0.25) is 0 Å². The zero-order chi connectivity index (χ0) is 18.3. The van der Waals surface area contributed by atoms with Crippen LogP contribution < -0.4 is 51.4 Å². The molecule has 0 fully saturated rings. The predicted molar refractivity (Wildman–Crippen MR) is 100 cm³/mol. The average Bonchev–Trinajstić information content (AvgIpc) is 2.52. The summed E-state index contributed by atoms with van der Waals surface area (Å²) in [5.74, 6) is 0. The van der Waals surface area contributed by atoms with E-state index in [9.17, 15) is 18.1 Å². The molecule has 2 atom stereocenters. The quantitative estimate of drug-likeness (QED) is 0.230. The fourth-order valence-corrected chi connectivity index (χ4v) is 4.01. The van der Waals surface area contributed by atoms with Gasteiger partial charge in [0.2, 0.25) is 0 Å². The van der Waals surface area contributed by atoms with Crippen molar-refractivity contribution < 1.29 is 69.5 Å². The van der Waals surface area contributed by atoms with Crippen LogP contribution in [0.25, 0.3) is 0 Å². The summed E-state index contributed by atoms with van der Waals surface area (Å²) in [6.45, 7) is 4.20. The second-order valence-electron chi connectivity index (χ2n) is 7.11. The van der Waals surface area contributed by atoms with Crippen molar-refractivity contribution in [2.45, 2.75) is 122 Å². The summed E-state index contributed by atoms with van der Waals surface area (Å²) in [7, 11) is -4.14. The molecule has 0 bridgehead atoms. The molecule has 1 N–H and O–H groups in total. The van der Waals surface area contributed by atoms with Gasteiger partial charge in [0, 0.05) is 5.25 Å². The van der Waals surface area contributed by atoms with Crippen LogP contribution in [0.15, 0.2) is 0 Å². The van der Waals surface area contributed by atoms with Crippen molar-refractivity contribution in [3.8, 4) is 0 Å². The van der Waals surface area contributed by atoms with Crippen molar-refractivity contribution in [1.82, 2.24) is 0 Å². The number of aliphatic hydroxyl groups is 1. The van der Waals surface area contributed by atoms with Crippen LogP contribution in [0.4, 0.5) is 0 Å². The molecule has 0 amide bonds. The third kappa shape index (κ3) is 18.6. The van der Waals surface area contributed by atoms with E-state index < -0.39 is 15.4 Å². The predicted octanol–water partition coefficient (Wildman–Crippen LogP) is 2.16. The molecule has 25 heavy (non-hydrogen) atoms. The van der Waals surface area contributed by atoms with Gasteiger partial charge < -0.3 is 9.66 Å². The average molecular weight is 403 g/mol. The van der Waals surface area contributed by atoms with Gasteiger partial charge in [-0.15, -0.1) is 0 Å². The summed E-state index contributed by atoms with van der Waals surface area (Å²) in [4.78, 5) is 0. The molecule has 0 aromatic rings. The first kappa shape index (κ1) is 28.7. The maximum atomic E-state index is 11.2. The van der Waals surface area contributed by atoms with Gasteiger partial charge in [0.1, 0.15) is 0 Å². The standard InChI is InChI=1S/C19H40O4S.K/c1-3-5-7-11-14-18(20)15-12-9-8-10-13-17-19(16-6-4-2)24(21,22)23;/h18-20H,3-17H2,1-2H3,(H,21,22,23);/q;+1/p-1. The SMILES string of the molecule is CCCCCCC(O)CCCCCCCC(CCCC)S(=O)(=O)[O-].[K+]. The number of hydrogen-bond acceptors (Lipinski definition) is 4. The van der Waals surface area contributed by atoms with Gasteiger partial charge in [-0.2, -0.15) is 0 Å². The number of unbranched alkanes of at least 4 members (excludes halogenated alkanes) is 8. The molecule has 2 unspecified atom stereocenters. The van der Waals surface area contributed by atoms with Crippen molar-refractivity contribution in [3.63, 3.8) is 0 Å². The molecule has 0 saturated heterocycles. The van der Waals surface area contributed by atoms with Crippen molar-refractivity contribution in [3.05, 3.63) is 0 Å². The molecular weight excluding hydrogens is 363 g/mol. The van der Waals surface area contributed by atoms with Gasteiger partial charge in [0.25, 0.3) is 0 Å². The monoisotopic (exact) mass is 402 g/mol. The van der Waals surface area contributed by atoms with Gasteiger partial charge in [-0.1, -0.05) is 84.5 Å². The van der Waals surface area contributed by atoms with Crippen LogP contribution in [0, 0.1) is 0 Å². The largest absolute Gasteiger partial charge is 1.00 e. The summed E-state index contributed by atoms with van der Waals surface area (Å²) in [6, 6.07) is 0. The Kier molecular flexibility index (Phi) is 21.7. The van der Waals surface area contributed by atoms with Crippen LogP contribution in [-0.2, 0) is 10.1 Å². The second-order valence-corrected chi connectivity index (χ2v) is 8.76. The maximum absolute atomic E-state index is 11.2. The molecule has 6 heteroatoms. The molecule has 0 aromatic carbocycles. The Labute approximate surface area is 199 Å². The maximum Gasteiger partial charge on any atom is 1.00 e. The van der Waals surface area contributed by atoms with E-state index in [1.54, 1.807) is 0 Å². The molecule has 0 aliphatic heterocycles. The van der Waals surface area contributed by atoms with Crippen molar-refractivity contribution in [2.75, 3.05) is 0 Å². The van der Waals surface area contributed by atoms with E-state index in [2.05, 4.69) is 6.92 Å². The minimum atomic E-state index is -4.14. The van der Waals surface area contributed by atoms with E-state index in [0.717, 1.165) is 64.2 Å². The van der Waals surface area contributed by atoms with Gasteiger partial charge in [-0.05, 0) is 25.7 Å². The minimum Gasteiger partial charge on any atom is -0.748 e. The Balaban J connectivity index is 0. The Hall–Kier alpha value is 1.51. The summed E-state index contributed by atoms with van der Waals surface area (Å²) in [5.41, 5.74) is 0.